The zero-order valence-corrected chi connectivity index (χ0v) is 39.8. The van der Waals surface area contributed by atoms with Gasteiger partial charge >= 0.3 is 0 Å². The fourth-order valence-electron chi connectivity index (χ4n) is 9.17. The number of hydrogen-bond donors (Lipinski definition) is 0. The number of nitrogens with zero attached hydrogens (tertiary/aromatic N) is 4. The summed E-state index contributed by atoms with van der Waals surface area (Å²) >= 11 is 0. The van der Waals surface area contributed by atoms with Crippen molar-refractivity contribution >= 4 is 5.91 Å². The molecule has 0 unspecified atom stereocenters. The maximum Gasteiger partial charge on any atom is 0.223 e. The van der Waals surface area contributed by atoms with Crippen molar-refractivity contribution in [3.63, 3.8) is 0 Å². The van der Waals surface area contributed by atoms with Gasteiger partial charge in [0, 0.05) is 39.1 Å². The minimum absolute atomic E-state index is 0.414. The largest absolute Gasteiger partial charge is 0.343 e. The Morgan fingerprint density at radius 1 is 0.421 bits per heavy atom. The van der Waals surface area contributed by atoms with Gasteiger partial charge in [0.1, 0.15) is 0 Å². The van der Waals surface area contributed by atoms with E-state index in [9.17, 15) is 4.79 Å². The Morgan fingerprint density at radius 3 is 1.11 bits per heavy atom. The van der Waals surface area contributed by atoms with Crippen molar-refractivity contribution < 1.29 is 4.79 Å². The number of rotatable bonds is 44. The lowest BCUT2D eigenvalue weighted by molar-refractivity contribution is -0.133. The number of hydrogen-bond acceptors (Lipinski definition) is 4. The second kappa shape index (κ2) is 42.1. The summed E-state index contributed by atoms with van der Waals surface area (Å²) in [5, 5.41) is 0. The van der Waals surface area contributed by atoms with Gasteiger partial charge in [0.05, 0.1) is 0 Å². The molecule has 0 saturated carbocycles. The van der Waals surface area contributed by atoms with Crippen LogP contribution in [0.1, 0.15) is 246 Å². The predicted molar refractivity (Wildman–Crippen MR) is 254 cm³/mol. The number of likely N-dealkylation sites (tertiary alicyclic amines) is 1. The smallest absolute Gasteiger partial charge is 0.223 e. The number of carbonyl (C=O) groups excluding carboxylic acids is 1. The van der Waals surface area contributed by atoms with Crippen molar-refractivity contribution in [2.24, 2.45) is 5.92 Å². The van der Waals surface area contributed by atoms with Gasteiger partial charge in [-0.05, 0) is 103 Å². The second-order valence-electron chi connectivity index (χ2n) is 18.6. The van der Waals surface area contributed by atoms with Gasteiger partial charge in [-0.25, -0.2) is 0 Å². The summed E-state index contributed by atoms with van der Waals surface area (Å²) in [4.78, 5) is 24.0. The third kappa shape index (κ3) is 33.7. The molecule has 1 rings (SSSR count). The van der Waals surface area contributed by atoms with E-state index in [0.29, 0.717) is 12.3 Å². The summed E-state index contributed by atoms with van der Waals surface area (Å²) in [7, 11) is 0. The molecule has 1 saturated heterocycles. The topological polar surface area (TPSA) is 30.0 Å². The molecule has 0 aromatic carbocycles. The van der Waals surface area contributed by atoms with Gasteiger partial charge in [0.2, 0.25) is 5.91 Å². The van der Waals surface area contributed by atoms with Gasteiger partial charge in [-0.3, -0.25) is 4.79 Å². The Kier molecular flexibility index (Phi) is 40.1. The Bertz CT molecular complexity index is 796. The Labute approximate surface area is 360 Å². The van der Waals surface area contributed by atoms with Gasteiger partial charge in [-0.2, -0.15) is 0 Å². The van der Waals surface area contributed by atoms with Crippen molar-refractivity contribution in [1.82, 2.24) is 19.6 Å². The van der Waals surface area contributed by atoms with Crippen LogP contribution in [0.25, 0.3) is 0 Å². The molecule has 339 valence electrons. The van der Waals surface area contributed by atoms with E-state index in [4.69, 9.17) is 0 Å². The van der Waals surface area contributed by atoms with E-state index in [-0.39, 0.29) is 0 Å². The van der Waals surface area contributed by atoms with E-state index < -0.39 is 0 Å². The zero-order valence-electron chi connectivity index (χ0n) is 39.8. The molecule has 0 spiro atoms. The highest BCUT2D eigenvalue weighted by molar-refractivity contribution is 5.76. The fourth-order valence-corrected chi connectivity index (χ4v) is 9.17. The molecule has 0 aliphatic carbocycles. The second-order valence-corrected chi connectivity index (χ2v) is 18.6. The highest BCUT2D eigenvalue weighted by Crippen LogP contribution is 2.23. The van der Waals surface area contributed by atoms with Crippen molar-refractivity contribution in [3.05, 3.63) is 6.92 Å². The van der Waals surface area contributed by atoms with Crippen molar-refractivity contribution in [1.29, 1.82) is 0 Å². The molecule has 1 amide bonds. The average molecular weight is 802 g/mol. The van der Waals surface area contributed by atoms with E-state index in [0.717, 1.165) is 51.6 Å². The number of piperidine rings is 1. The third-order valence-corrected chi connectivity index (χ3v) is 13.2. The van der Waals surface area contributed by atoms with Crippen molar-refractivity contribution in [2.45, 2.75) is 246 Å². The van der Waals surface area contributed by atoms with Crippen LogP contribution in [0, 0.1) is 12.8 Å². The zero-order chi connectivity index (χ0) is 41.3. The monoisotopic (exact) mass is 802 g/mol. The molecule has 5 nitrogen and oxygen atoms in total. The van der Waals surface area contributed by atoms with Crippen LogP contribution in [0.2, 0.25) is 0 Å². The van der Waals surface area contributed by atoms with Crippen molar-refractivity contribution in [3.8, 4) is 0 Å². The SMILES string of the molecule is [CH2]CCN(CCCCCCCCC)CCCC1CCN(C(=O)CCN(CCCCCCCCC)CCN(CCCCCCCCC)CCCCCCCCC)CC1. The minimum atomic E-state index is 0.414. The van der Waals surface area contributed by atoms with Crippen LogP contribution in [0.4, 0.5) is 0 Å². The first kappa shape index (κ1) is 54.4. The molecule has 1 aliphatic heterocycles. The first-order valence-electron chi connectivity index (χ1n) is 26.3. The lowest BCUT2D eigenvalue weighted by atomic mass is 9.92. The van der Waals surface area contributed by atoms with Gasteiger partial charge in [0.15, 0.2) is 0 Å². The maximum atomic E-state index is 13.6. The van der Waals surface area contributed by atoms with Gasteiger partial charge < -0.3 is 19.6 Å². The molecule has 57 heavy (non-hydrogen) atoms. The molecular weight excluding hydrogens is 697 g/mol. The van der Waals surface area contributed by atoms with Crippen LogP contribution in [0.15, 0.2) is 0 Å². The van der Waals surface area contributed by atoms with E-state index in [1.54, 1.807) is 0 Å². The van der Waals surface area contributed by atoms with Crippen LogP contribution < -0.4 is 0 Å². The molecule has 1 aliphatic rings. The summed E-state index contributed by atoms with van der Waals surface area (Å²) in [6.45, 7) is 25.9. The van der Waals surface area contributed by atoms with Crippen LogP contribution in [-0.4, -0.2) is 97.5 Å². The van der Waals surface area contributed by atoms with E-state index in [2.05, 4.69) is 54.2 Å². The number of unbranched alkanes of at least 4 members (excludes halogenated alkanes) is 24. The predicted octanol–water partition coefficient (Wildman–Crippen LogP) is 14.5. The third-order valence-electron chi connectivity index (χ3n) is 13.2. The molecule has 1 radical (unpaired) electrons. The van der Waals surface area contributed by atoms with Gasteiger partial charge in [0.25, 0.3) is 0 Å². The summed E-state index contributed by atoms with van der Waals surface area (Å²) in [5.41, 5.74) is 0. The Hall–Kier alpha value is -0.650. The van der Waals surface area contributed by atoms with E-state index in [1.807, 2.05) is 0 Å². The van der Waals surface area contributed by atoms with Crippen molar-refractivity contribution in [2.75, 3.05) is 72.0 Å². The normalized spacial score (nSPS) is 13.9. The maximum absolute atomic E-state index is 13.6. The molecular formula is C52H105N4O. The van der Waals surface area contributed by atoms with E-state index >= 15 is 0 Å². The quantitative estimate of drug-likeness (QED) is 0.0574. The fraction of sp³-hybridized carbons (Fsp3) is 0.962. The molecule has 1 fully saturated rings. The van der Waals surface area contributed by atoms with Crippen LogP contribution in [-0.2, 0) is 4.79 Å². The summed E-state index contributed by atoms with van der Waals surface area (Å²) in [6.07, 6.45) is 45.4. The number of amides is 1. The Balaban J connectivity index is 2.57. The molecule has 0 atom stereocenters. The molecule has 0 aromatic rings. The Morgan fingerprint density at radius 2 is 0.737 bits per heavy atom. The number of carbonyl (C=O) groups is 1. The standard InChI is InChI=1S/C52H105N4O/c1-6-11-15-19-23-27-31-41-53(40-10-5)45-35-36-51-37-47-56(48-38-51)52(57)39-46-55(44-34-30-26-22-18-14-9-4)50-49-54(42-32-28-24-20-16-12-7-2)43-33-29-25-21-17-13-8-3/h51H,5-50H2,1-4H3. The van der Waals surface area contributed by atoms with Crippen LogP contribution >= 0.6 is 0 Å². The van der Waals surface area contributed by atoms with Gasteiger partial charge in [-0.1, -0.05) is 189 Å². The first-order chi connectivity index (χ1) is 28.1. The summed E-state index contributed by atoms with van der Waals surface area (Å²) < 4.78 is 0. The minimum Gasteiger partial charge on any atom is -0.343 e. The van der Waals surface area contributed by atoms with Crippen LogP contribution in [0.3, 0.4) is 0 Å². The average Bonchev–Trinajstić information content (AvgIpc) is 3.22. The molecule has 1 heterocycles. The highest BCUT2D eigenvalue weighted by Gasteiger charge is 2.23. The van der Waals surface area contributed by atoms with E-state index in [1.165, 1.54) is 238 Å². The lowest BCUT2D eigenvalue weighted by Gasteiger charge is -2.33. The van der Waals surface area contributed by atoms with Gasteiger partial charge in [-0.15, -0.1) is 0 Å². The molecule has 5 heteroatoms. The van der Waals surface area contributed by atoms with Crippen LogP contribution in [0.5, 0.6) is 0 Å². The molecule has 0 bridgehead atoms. The molecule has 0 N–H and O–H groups in total. The lowest BCUT2D eigenvalue weighted by Crippen LogP contribution is -2.41. The molecule has 0 aromatic heterocycles. The summed E-state index contributed by atoms with van der Waals surface area (Å²) in [5.74, 6) is 1.21. The highest BCUT2D eigenvalue weighted by atomic mass is 16.2. The summed E-state index contributed by atoms with van der Waals surface area (Å²) in [6, 6.07) is 0. The first-order valence-corrected chi connectivity index (χ1v) is 26.3.